The lowest BCUT2D eigenvalue weighted by atomic mass is 9.93. The van der Waals surface area contributed by atoms with Crippen LogP contribution in [-0.2, 0) is 39.2 Å². The van der Waals surface area contributed by atoms with Gasteiger partial charge in [0.05, 0.1) is 41.7 Å². The van der Waals surface area contributed by atoms with Gasteiger partial charge in [0.2, 0.25) is 0 Å². The van der Waals surface area contributed by atoms with Crippen LogP contribution in [0.1, 0.15) is 41.2 Å². The molecule has 5 rings (SSSR count). The Morgan fingerprint density at radius 1 is 0.948 bits per heavy atom. The summed E-state index contributed by atoms with van der Waals surface area (Å²) in [6.45, 7) is 6.41. The number of aromatic nitrogens is 1. The predicted octanol–water partition coefficient (Wildman–Crippen LogP) is 5.38. The van der Waals surface area contributed by atoms with Gasteiger partial charge in [-0.25, -0.2) is 8.42 Å². The number of ether oxygens (including phenoxy) is 3. The third-order valence-corrected chi connectivity index (χ3v) is 11.5. The number of carboxylic acid groups (broad SMARTS) is 2. The minimum Gasteiger partial charge on any atom is -0.493 e. The number of benzene rings is 3. The van der Waals surface area contributed by atoms with Crippen LogP contribution in [0, 0.1) is 25.2 Å². The van der Waals surface area contributed by atoms with Crippen molar-refractivity contribution in [3.63, 3.8) is 0 Å². The molecule has 2 heterocycles. The number of carboxylic acids is 2. The number of aliphatic imine (C=N–C) groups is 1. The average molecular weight is 838 g/mol. The van der Waals surface area contributed by atoms with Gasteiger partial charge in [-0.2, -0.15) is 0 Å². The van der Waals surface area contributed by atoms with Crippen LogP contribution in [0.15, 0.2) is 76.9 Å². The smallest absolute Gasteiger partial charge is 0.317 e. The summed E-state index contributed by atoms with van der Waals surface area (Å²) in [6.07, 6.45) is 4.79. The molecule has 58 heavy (non-hydrogen) atoms. The van der Waals surface area contributed by atoms with E-state index in [9.17, 15) is 38.4 Å². The number of sulfone groups is 1. The zero-order chi connectivity index (χ0) is 42.2. The number of likely N-dealkylation sites (tertiary alicyclic amines) is 1. The number of carbonyl (C=O) groups is 2. The van der Waals surface area contributed by atoms with Crippen molar-refractivity contribution in [1.29, 1.82) is 0 Å². The molecule has 1 aliphatic rings. The van der Waals surface area contributed by atoms with Crippen LogP contribution >= 0.6 is 11.6 Å². The maximum atomic E-state index is 12.1. The van der Waals surface area contributed by atoms with Crippen molar-refractivity contribution in [2.75, 3.05) is 39.1 Å². The standard InChI is InChI=1S/C42H48ClN3O11S/c1-26-29(8-5-9-32(26)33-10-6-11-37(27(33)2)55-13-7-12-46-20-34(40(49)50)36(48)21-46)23-57-39-16-38(56-22-28-14-31(19-44-17-28)58(4,53)54)30(15-35(39)43)18-45-24-42(3,25-47)41(51)52/h5-6,8-11,14-17,19,24,34,36,47-48H,7,12-13,18,20-23,25H2,1-4H3,(H,49,50)(H,51,52)/t34?,36?,42-/m1/s1. The molecule has 16 heteroatoms. The van der Waals surface area contributed by atoms with E-state index in [1.54, 1.807) is 12.1 Å². The Hall–Kier alpha value is -5.06. The maximum absolute atomic E-state index is 12.1. The van der Waals surface area contributed by atoms with Crippen molar-refractivity contribution >= 4 is 39.6 Å². The lowest BCUT2D eigenvalue weighted by Gasteiger charge is -2.19. The molecule has 1 aliphatic heterocycles. The second kappa shape index (κ2) is 19.1. The van der Waals surface area contributed by atoms with E-state index in [1.165, 1.54) is 25.4 Å². The minimum atomic E-state index is -3.51. The first-order chi connectivity index (χ1) is 27.5. The molecule has 1 fully saturated rings. The van der Waals surface area contributed by atoms with Crippen molar-refractivity contribution in [2.45, 2.75) is 58.0 Å². The molecule has 0 radical (unpaired) electrons. The number of β-amino-alcohol motifs (C(OH)–C–C–N with tert-alkyl or cyclic N) is 1. The Morgan fingerprint density at radius 2 is 1.66 bits per heavy atom. The fourth-order valence-electron chi connectivity index (χ4n) is 6.47. The number of aliphatic hydroxyl groups is 2. The summed E-state index contributed by atoms with van der Waals surface area (Å²) in [5.41, 5.74) is 4.17. The van der Waals surface area contributed by atoms with E-state index < -0.39 is 45.8 Å². The highest BCUT2D eigenvalue weighted by Crippen LogP contribution is 2.37. The van der Waals surface area contributed by atoms with Gasteiger partial charge in [-0.1, -0.05) is 41.9 Å². The predicted molar refractivity (Wildman–Crippen MR) is 218 cm³/mol. The third kappa shape index (κ3) is 10.9. The fourth-order valence-corrected chi connectivity index (χ4v) is 7.33. The van der Waals surface area contributed by atoms with Crippen LogP contribution in [0.3, 0.4) is 0 Å². The highest BCUT2D eigenvalue weighted by atomic mass is 35.5. The minimum absolute atomic E-state index is 0.0383. The Kier molecular flexibility index (Phi) is 14.5. The number of aliphatic carboxylic acids is 2. The molecule has 4 N–H and O–H groups in total. The molecule has 1 saturated heterocycles. The molecule has 0 amide bonds. The maximum Gasteiger partial charge on any atom is 0.317 e. The lowest BCUT2D eigenvalue weighted by molar-refractivity contribution is -0.145. The van der Waals surface area contributed by atoms with Gasteiger partial charge in [0, 0.05) is 61.7 Å². The van der Waals surface area contributed by atoms with Crippen molar-refractivity contribution in [3.8, 4) is 28.4 Å². The van der Waals surface area contributed by atoms with E-state index in [1.807, 2.05) is 55.1 Å². The van der Waals surface area contributed by atoms with Gasteiger partial charge in [-0.05, 0) is 73.2 Å². The molecular weight excluding hydrogens is 790 g/mol. The molecule has 3 atom stereocenters. The summed E-state index contributed by atoms with van der Waals surface area (Å²) in [5.74, 6) is -1.66. The molecule has 0 aliphatic carbocycles. The SMILES string of the molecule is Cc1c(COc2cc(OCc3cncc(S(C)(=O)=O)c3)c(CN=C[C@](C)(CO)C(=O)O)cc2Cl)cccc1-c1cccc(OCCCN2CC(O)C(C(=O)O)C2)c1C. The number of halogens is 1. The first kappa shape index (κ1) is 44.1. The van der Waals surface area contributed by atoms with Gasteiger partial charge in [0.25, 0.3) is 0 Å². The Balaban J connectivity index is 1.32. The van der Waals surface area contributed by atoms with Gasteiger partial charge < -0.3 is 34.6 Å². The molecule has 0 bridgehead atoms. The van der Waals surface area contributed by atoms with Gasteiger partial charge in [0.1, 0.15) is 35.9 Å². The largest absolute Gasteiger partial charge is 0.493 e. The summed E-state index contributed by atoms with van der Waals surface area (Å²) in [5, 5.41) is 38.8. The zero-order valence-electron chi connectivity index (χ0n) is 32.7. The van der Waals surface area contributed by atoms with E-state index in [4.69, 9.17) is 25.8 Å². The topological polar surface area (TPSA) is 205 Å². The van der Waals surface area contributed by atoms with Gasteiger partial charge in [-0.15, -0.1) is 0 Å². The second-order valence-corrected chi connectivity index (χ2v) is 17.0. The van der Waals surface area contributed by atoms with Crippen LogP contribution in [0.5, 0.6) is 17.2 Å². The quantitative estimate of drug-likeness (QED) is 0.0693. The summed E-state index contributed by atoms with van der Waals surface area (Å²) in [4.78, 5) is 33.3. The number of rotatable bonds is 19. The lowest BCUT2D eigenvalue weighted by Crippen LogP contribution is -2.33. The summed E-state index contributed by atoms with van der Waals surface area (Å²) >= 11 is 6.73. The van der Waals surface area contributed by atoms with Crippen molar-refractivity contribution in [1.82, 2.24) is 9.88 Å². The fraction of sp³-hybridized carbons (Fsp3) is 0.381. The van der Waals surface area contributed by atoms with Crippen LogP contribution in [-0.4, -0.2) is 102 Å². The summed E-state index contributed by atoms with van der Waals surface area (Å²) < 4.78 is 42.8. The Bertz CT molecular complexity index is 2270. The van der Waals surface area contributed by atoms with E-state index in [0.717, 1.165) is 46.0 Å². The van der Waals surface area contributed by atoms with Crippen LogP contribution < -0.4 is 14.2 Å². The van der Waals surface area contributed by atoms with Gasteiger partial charge >= 0.3 is 11.9 Å². The molecule has 3 aromatic carbocycles. The monoisotopic (exact) mass is 837 g/mol. The Labute approximate surface area is 342 Å². The molecular formula is C42H48ClN3O11S. The first-order valence-electron chi connectivity index (χ1n) is 18.5. The van der Waals surface area contributed by atoms with Gasteiger partial charge in [-0.3, -0.25) is 24.5 Å². The first-order valence-corrected chi connectivity index (χ1v) is 20.8. The molecule has 14 nitrogen and oxygen atoms in total. The van der Waals surface area contributed by atoms with Crippen LogP contribution in [0.25, 0.3) is 11.1 Å². The molecule has 1 aromatic heterocycles. The number of nitrogens with zero attached hydrogens (tertiary/aromatic N) is 3. The van der Waals surface area contributed by atoms with Crippen molar-refractivity contribution in [3.05, 3.63) is 99.8 Å². The van der Waals surface area contributed by atoms with Crippen LogP contribution in [0.2, 0.25) is 5.02 Å². The number of hydrogen-bond donors (Lipinski definition) is 4. The molecule has 2 unspecified atom stereocenters. The normalized spacial score (nSPS) is 16.9. The van der Waals surface area contributed by atoms with E-state index in [-0.39, 0.29) is 29.7 Å². The van der Waals surface area contributed by atoms with Crippen molar-refractivity contribution < 1.29 is 52.6 Å². The summed E-state index contributed by atoms with van der Waals surface area (Å²) in [7, 11) is -3.51. The van der Waals surface area contributed by atoms with Crippen LogP contribution in [0.4, 0.5) is 0 Å². The molecule has 4 aromatic rings. The summed E-state index contributed by atoms with van der Waals surface area (Å²) in [6, 6.07) is 16.5. The third-order valence-electron chi connectivity index (χ3n) is 10.1. The number of pyridine rings is 1. The zero-order valence-corrected chi connectivity index (χ0v) is 34.3. The number of hydrogen-bond acceptors (Lipinski definition) is 12. The van der Waals surface area contributed by atoms with Gasteiger partial charge in [0.15, 0.2) is 9.84 Å². The van der Waals surface area contributed by atoms with E-state index in [0.29, 0.717) is 55.3 Å². The molecule has 0 saturated carbocycles. The van der Waals surface area contributed by atoms with E-state index in [2.05, 4.69) is 9.98 Å². The van der Waals surface area contributed by atoms with E-state index >= 15 is 0 Å². The molecule has 0 spiro atoms. The van der Waals surface area contributed by atoms with Crippen molar-refractivity contribution in [2.24, 2.45) is 16.3 Å². The number of aliphatic hydroxyl groups excluding tert-OH is 2. The Morgan fingerprint density at radius 3 is 2.33 bits per heavy atom. The average Bonchev–Trinajstić information content (AvgIpc) is 3.56. The highest BCUT2D eigenvalue weighted by molar-refractivity contribution is 7.90. The second-order valence-electron chi connectivity index (χ2n) is 14.6. The highest BCUT2D eigenvalue weighted by Gasteiger charge is 2.36. The molecule has 310 valence electrons.